The van der Waals surface area contributed by atoms with Gasteiger partial charge in [0.25, 0.3) is 5.79 Å². The lowest BCUT2D eigenvalue weighted by atomic mass is 9.43. The van der Waals surface area contributed by atoms with Crippen molar-refractivity contribution in [2.24, 2.45) is 34.5 Å². The summed E-state index contributed by atoms with van der Waals surface area (Å²) >= 11 is 0. The summed E-state index contributed by atoms with van der Waals surface area (Å²) in [4.78, 5) is 25.1. The Morgan fingerprint density at radius 2 is 1.45 bits per heavy atom. The van der Waals surface area contributed by atoms with E-state index in [4.69, 9.17) is 9.47 Å². The van der Waals surface area contributed by atoms with Crippen LogP contribution in [0.5, 0.6) is 0 Å². The van der Waals surface area contributed by atoms with E-state index < -0.39 is 5.79 Å². The molecule has 0 spiro atoms. The molecular weight excluding hydrogens is 364 g/mol. The summed E-state index contributed by atoms with van der Waals surface area (Å²) in [7, 11) is 0. The quantitative estimate of drug-likeness (QED) is 0.424. The van der Waals surface area contributed by atoms with Crippen LogP contribution >= 0.6 is 0 Å². The zero-order valence-electron chi connectivity index (χ0n) is 18.9. The number of ether oxygens (including phenoxy) is 2. The zero-order chi connectivity index (χ0) is 20.9. The maximum absolute atomic E-state index is 12.6. The molecule has 4 aliphatic rings. The van der Waals surface area contributed by atoms with Gasteiger partial charge in [0.1, 0.15) is 0 Å². The summed E-state index contributed by atoms with van der Waals surface area (Å²) in [5.41, 5.74) is 0.218. The molecule has 4 nitrogen and oxygen atoms in total. The molecule has 4 aliphatic carbocycles. The van der Waals surface area contributed by atoms with Crippen molar-refractivity contribution in [2.45, 2.75) is 111 Å². The normalized spacial score (nSPS) is 42.9. The molecular formula is C25H40O4. The van der Waals surface area contributed by atoms with E-state index in [2.05, 4.69) is 13.8 Å². The Bertz CT molecular complexity index is 639. The largest absolute Gasteiger partial charge is 0.422 e. The van der Waals surface area contributed by atoms with E-state index in [0.717, 1.165) is 18.8 Å². The second-order valence-electron chi connectivity index (χ2n) is 10.8. The van der Waals surface area contributed by atoms with Gasteiger partial charge >= 0.3 is 11.9 Å². The Labute approximate surface area is 176 Å². The molecule has 0 N–H and O–H groups in total. The zero-order valence-corrected chi connectivity index (χ0v) is 18.9. The van der Waals surface area contributed by atoms with Gasteiger partial charge in [0.2, 0.25) is 0 Å². The summed E-state index contributed by atoms with van der Waals surface area (Å²) in [6, 6.07) is 0. The number of fused-ring (bicyclic) bond motifs is 5. The molecule has 0 aromatic rings. The average Bonchev–Trinajstić information content (AvgIpc) is 3.10. The van der Waals surface area contributed by atoms with E-state index in [1.54, 1.807) is 0 Å². The molecule has 0 heterocycles. The van der Waals surface area contributed by atoms with E-state index in [1.807, 2.05) is 13.8 Å². The first-order valence-electron chi connectivity index (χ1n) is 12.2. The Kier molecular flexibility index (Phi) is 5.53. The fourth-order valence-electron chi connectivity index (χ4n) is 8.17. The molecule has 6 atom stereocenters. The van der Waals surface area contributed by atoms with Gasteiger partial charge in [-0.05, 0) is 80.5 Å². The van der Waals surface area contributed by atoms with E-state index in [0.29, 0.717) is 42.4 Å². The molecule has 4 saturated carbocycles. The van der Waals surface area contributed by atoms with E-state index in [1.165, 1.54) is 44.9 Å². The van der Waals surface area contributed by atoms with Gasteiger partial charge in [-0.1, -0.05) is 34.1 Å². The van der Waals surface area contributed by atoms with Crippen LogP contribution in [-0.4, -0.2) is 17.7 Å². The predicted octanol–water partition coefficient (Wildman–Crippen LogP) is 6.02. The van der Waals surface area contributed by atoms with Crippen LogP contribution in [0.25, 0.3) is 0 Å². The van der Waals surface area contributed by atoms with Crippen LogP contribution in [0.2, 0.25) is 0 Å². The van der Waals surface area contributed by atoms with Gasteiger partial charge in [0.05, 0.1) is 5.41 Å². The molecule has 29 heavy (non-hydrogen) atoms. The first-order chi connectivity index (χ1) is 13.8. The molecule has 0 radical (unpaired) electrons. The number of rotatable bonds is 4. The fraction of sp³-hybridized carbons (Fsp3) is 0.920. The van der Waals surface area contributed by atoms with E-state index in [9.17, 15) is 9.59 Å². The number of carbonyl (C=O) groups excluding carboxylic acids is 2. The smallest absolute Gasteiger partial charge is 0.308 e. The maximum Gasteiger partial charge on any atom is 0.308 e. The Hall–Kier alpha value is -1.06. The number of hydrogen-bond donors (Lipinski definition) is 0. The summed E-state index contributed by atoms with van der Waals surface area (Å²) in [6.45, 7) is 8.48. The highest BCUT2D eigenvalue weighted by atomic mass is 16.7. The Morgan fingerprint density at radius 1 is 0.793 bits per heavy atom. The molecule has 4 fully saturated rings. The third-order valence-electron chi connectivity index (χ3n) is 9.70. The molecule has 1 unspecified atom stereocenters. The standard InChI is InChI=1S/C25H40O4/c1-5-21(26)28-25(29-22(27)6-2)15-7-9-17-11-12-18-19-10-8-14-23(19,3)16-13-20(18)24(17,25)4/h17-20H,5-16H2,1-4H3/t17?,18-,19-,20-,23-,24-/m0/s1. The minimum absolute atomic E-state index is 0.237. The van der Waals surface area contributed by atoms with Crippen LogP contribution in [0.4, 0.5) is 0 Å². The van der Waals surface area contributed by atoms with Crippen LogP contribution < -0.4 is 0 Å². The minimum atomic E-state index is -1.08. The molecule has 4 rings (SSSR count). The Balaban J connectivity index is 1.75. The van der Waals surface area contributed by atoms with Crippen molar-refractivity contribution < 1.29 is 19.1 Å². The molecule has 0 aliphatic heterocycles. The first kappa shape index (κ1) is 21.2. The molecule has 0 amide bonds. The second-order valence-corrected chi connectivity index (χ2v) is 10.8. The van der Waals surface area contributed by atoms with Gasteiger partial charge in [-0.15, -0.1) is 0 Å². The summed E-state index contributed by atoms with van der Waals surface area (Å²) < 4.78 is 12.4. The van der Waals surface area contributed by atoms with Crippen LogP contribution in [0, 0.1) is 34.5 Å². The number of carbonyl (C=O) groups is 2. The molecule has 164 valence electrons. The van der Waals surface area contributed by atoms with E-state index in [-0.39, 0.29) is 17.4 Å². The van der Waals surface area contributed by atoms with Gasteiger partial charge in [-0.25, -0.2) is 0 Å². The first-order valence-corrected chi connectivity index (χ1v) is 12.2. The van der Waals surface area contributed by atoms with Gasteiger partial charge in [-0.3, -0.25) is 9.59 Å². The molecule has 0 aromatic carbocycles. The fourth-order valence-corrected chi connectivity index (χ4v) is 8.17. The van der Waals surface area contributed by atoms with Crippen LogP contribution in [0.15, 0.2) is 0 Å². The van der Waals surface area contributed by atoms with Gasteiger partial charge in [0, 0.05) is 19.3 Å². The average molecular weight is 405 g/mol. The third-order valence-corrected chi connectivity index (χ3v) is 9.70. The molecule has 0 bridgehead atoms. The summed E-state index contributed by atoms with van der Waals surface area (Å²) in [5.74, 6) is 0.854. The highest BCUT2D eigenvalue weighted by molar-refractivity contribution is 5.72. The Morgan fingerprint density at radius 3 is 2.10 bits per heavy atom. The van der Waals surface area contributed by atoms with E-state index >= 15 is 0 Å². The van der Waals surface area contributed by atoms with Crippen molar-refractivity contribution >= 4 is 11.9 Å². The van der Waals surface area contributed by atoms with Crippen molar-refractivity contribution in [2.75, 3.05) is 0 Å². The number of hydrogen-bond acceptors (Lipinski definition) is 4. The lowest BCUT2D eigenvalue weighted by Gasteiger charge is -2.64. The highest BCUT2D eigenvalue weighted by Crippen LogP contribution is 2.69. The lowest BCUT2D eigenvalue weighted by molar-refractivity contribution is -0.323. The van der Waals surface area contributed by atoms with Crippen molar-refractivity contribution in [1.82, 2.24) is 0 Å². The van der Waals surface area contributed by atoms with Crippen LogP contribution in [0.1, 0.15) is 105 Å². The number of esters is 2. The summed E-state index contributed by atoms with van der Waals surface area (Å²) in [6.07, 6.45) is 12.4. The van der Waals surface area contributed by atoms with Crippen molar-refractivity contribution in [3.63, 3.8) is 0 Å². The van der Waals surface area contributed by atoms with Crippen molar-refractivity contribution in [1.29, 1.82) is 0 Å². The van der Waals surface area contributed by atoms with Crippen LogP contribution in [0.3, 0.4) is 0 Å². The monoisotopic (exact) mass is 404 g/mol. The van der Waals surface area contributed by atoms with Crippen LogP contribution in [-0.2, 0) is 19.1 Å². The predicted molar refractivity (Wildman–Crippen MR) is 112 cm³/mol. The topological polar surface area (TPSA) is 52.6 Å². The lowest BCUT2D eigenvalue weighted by Crippen LogP contribution is -2.65. The van der Waals surface area contributed by atoms with Crippen molar-refractivity contribution in [3.8, 4) is 0 Å². The third kappa shape index (κ3) is 3.15. The van der Waals surface area contributed by atoms with Gasteiger partial charge < -0.3 is 9.47 Å². The van der Waals surface area contributed by atoms with Gasteiger partial charge in [0.15, 0.2) is 0 Å². The molecule has 4 heteroatoms. The molecule has 0 saturated heterocycles. The highest BCUT2D eigenvalue weighted by Gasteiger charge is 2.68. The van der Waals surface area contributed by atoms with Crippen molar-refractivity contribution in [3.05, 3.63) is 0 Å². The van der Waals surface area contributed by atoms with Gasteiger partial charge in [-0.2, -0.15) is 0 Å². The maximum atomic E-state index is 12.6. The molecule has 0 aromatic heterocycles. The SMILES string of the molecule is CCC(=O)OC1(OC(=O)CC)CCCC2CC[C@H]3[C@@H]4CCC[C@@]4(C)CC[C@@H]3[C@]21C. The summed E-state index contributed by atoms with van der Waals surface area (Å²) in [5, 5.41) is 0. The minimum Gasteiger partial charge on any atom is -0.422 e. The second kappa shape index (κ2) is 7.57.